The molecule has 0 fully saturated rings. The molecule has 9 heteroatoms. The van der Waals surface area contributed by atoms with Crippen LogP contribution in [0.5, 0.6) is 11.5 Å². The minimum atomic E-state index is -0.538. The number of halogens is 1. The number of anilines is 1. The Labute approximate surface area is 166 Å². The summed E-state index contributed by atoms with van der Waals surface area (Å²) in [6, 6.07) is 6.08. The lowest BCUT2D eigenvalue weighted by Gasteiger charge is -2.23. The van der Waals surface area contributed by atoms with E-state index in [9.17, 15) is 14.3 Å². The van der Waals surface area contributed by atoms with Crippen LogP contribution in [0.3, 0.4) is 0 Å². The summed E-state index contributed by atoms with van der Waals surface area (Å²) < 4.78 is 19.0. The fourth-order valence-electron chi connectivity index (χ4n) is 2.83. The second kappa shape index (κ2) is 8.66. The van der Waals surface area contributed by atoms with Crippen LogP contribution in [0.2, 0.25) is 0 Å². The molecule has 0 radical (unpaired) electrons. The fourth-order valence-corrected chi connectivity index (χ4v) is 3.16. The van der Waals surface area contributed by atoms with Crippen LogP contribution in [0.4, 0.5) is 10.1 Å². The first-order valence-electron chi connectivity index (χ1n) is 8.52. The molecular weight excluding hydrogens is 383 g/mol. The highest BCUT2D eigenvalue weighted by atomic mass is 32.1. The summed E-state index contributed by atoms with van der Waals surface area (Å²) in [5.41, 5.74) is 1.86. The Hall–Kier alpha value is -3.20. The van der Waals surface area contributed by atoms with Gasteiger partial charge in [0, 0.05) is 37.0 Å². The van der Waals surface area contributed by atoms with Crippen LogP contribution in [0.1, 0.15) is 12.0 Å². The standard InChI is InChI=1S/C19H19FN4O3S/c1-27-17-12(20)3-2-4-14(17)24-19(28)16-13(6-8-22-18(16)26)23-9-11-5-7-21-10-15(11)25/h2-5,7,10,23,25H,6,8-9H2,1H3,(H,22,26)(H,24,28). The monoisotopic (exact) mass is 402 g/mol. The molecule has 1 aromatic heterocycles. The number of thiocarbonyl (C=S) groups is 1. The molecule has 0 unspecified atom stereocenters. The zero-order valence-electron chi connectivity index (χ0n) is 15.1. The van der Waals surface area contributed by atoms with E-state index < -0.39 is 5.82 Å². The van der Waals surface area contributed by atoms with Crippen molar-refractivity contribution >= 4 is 28.8 Å². The SMILES string of the molecule is COc1c(F)cccc1NC(=S)C1=C(NCc2ccncc2O)CCNC1=O. The van der Waals surface area contributed by atoms with E-state index in [-0.39, 0.29) is 28.0 Å². The first kappa shape index (κ1) is 19.6. The maximum Gasteiger partial charge on any atom is 0.256 e. The van der Waals surface area contributed by atoms with Crippen LogP contribution in [-0.4, -0.2) is 34.6 Å². The van der Waals surface area contributed by atoms with E-state index in [1.807, 2.05) is 0 Å². The second-order valence-corrected chi connectivity index (χ2v) is 6.40. The Morgan fingerprint density at radius 1 is 1.43 bits per heavy atom. The highest BCUT2D eigenvalue weighted by molar-refractivity contribution is 7.81. The number of hydrogen-bond acceptors (Lipinski definition) is 6. The van der Waals surface area contributed by atoms with Crippen molar-refractivity contribution in [1.82, 2.24) is 15.6 Å². The van der Waals surface area contributed by atoms with Gasteiger partial charge in [-0.15, -0.1) is 0 Å². The number of carbonyl (C=O) groups excluding carboxylic acids is 1. The van der Waals surface area contributed by atoms with E-state index in [2.05, 4.69) is 20.9 Å². The molecule has 0 atom stereocenters. The average Bonchev–Trinajstić information content (AvgIpc) is 2.67. The number of aromatic nitrogens is 1. The number of pyridine rings is 1. The maximum atomic E-state index is 13.9. The van der Waals surface area contributed by atoms with Crippen LogP contribution >= 0.6 is 12.2 Å². The van der Waals surface area contributed by atoms with E-state index in [0.29, 0.717) is 36.5 Å². The second-order valence-electron chi connectivity index (χ2n) is 5.99. The van der Waals surface area contributed by atoms with Crippen molar-refractivity contribution in [3.63, 3.8) is 0 Å². The van der Waals surface area contributed by atoms with Gasteiger partial charge in [-0.3, -0.25) is 9.78 Å². The van der Waals surface area contributed by atoms with Crippen molar-refractivity contribution in [2.75, 3.05) is 19.0 Å². The smallest absolute Gasteiger partial charge is 0.256 e. The lowest BCUT2D eigenvalue weighted by atomic mass is 10.1. The van der Waals surface area contributed by atoms with Crippen molar-refractivity contribution in [1.29, 1.82) is 0 Å². The van der Waals surface area contributed by atoms with E-state index in [0.717, 1.165) is 0 Å². The first-order chi connectivity index (χ1) is 13.5. The molecule has 0 saturated carbocycles. The number of aromatic hydroxyl groups is 1. The van der Waals surface area contributed by atoms with Crippen LogP contribution in [0.25, 0.3) is 0 Å². The molecule has 4 N–H and O–H groups in total. The maximum absolute atomic E-state index is 13.9. The number of methoxy groups -OCH3 is 1. The molecule has 0 spiro atoms. The van der Waals surface area contributed by atoms with Gasteiger partial charge in [0.15, 0.2) is 11.6 Å². The van der Waals surface area contributed by atoms with Crippen LogP contribution < -0.4 is 20.7 Å². The average molecular weight is 402 g/mol. The van der Waals surface area contributed by atoms with Crippen molar-refractivity contribution < 1.29 is 19.0 Å². The number of nitrogens with zero attached hydrogens (tertiary/aromatic N) is 1. The number of ether oxygens (including phenoxy) is 1. The number of hydrogen-bond donors (Lipinski definition) is 4. The van der Waals surface area contributed by atoms with Gasteiger partial charge in [0.2, 0.25) is 0 Å². The van der Waals surface area contributed by atoms with Crippen molar-refractivity contribution in [3.8, 4) is 11.5 Å². The quantitative estimate of drug-likeness (QED) is 0.551. The summed E-state index contributed by atoms with van der Waals surface area (Å²) in [4.78, 5) is 16.4. The van der Waals surface area contributed by atoms with Crippen LogP contribution in [-0.2, 0) is 11.3 Å². The summed E-state index contributed by atoms with van der Waals surface area (Å²) in [6.45, 7) is 0.755. The molecule has 0 saturated heterocycles. The number of carbonyl (C=O) groups is 1. The fraction of sp³-hybridized carbons (Fsp3) is 0.211. The third kappa shape index (κ3) is 4.20. The van der Waals surface area contributed by atoms with Gasteiger partial charge in [-0.2, -0.15) is 0 Å². The number of benzene rings is 1. The summed E-state index contributed by atoms with van der Waals surface area (Å²) in [6.07, 6.45) is 3.46. The zero-order valence-corrected chi connectivity index (χ0v) is 15.9. The highest BCUT2D eigenvalue weighted by Gasteiger charge is 2.25. The molecule has 28 heavy (non-hydrogen) atoms. The van der Waals surface area contributed by atoms with Crippen LogP contribution in [0, 0.1) is 5.82 Å². The topological polar surface area (TPSA) is 95.5 Å². The molecule has 1 amide bonds. The molecule has 1 aliphatic rings. The number of amides is 1. The Morgan fingerprint density at radius 3 is 3.00 bits per heavy atom. The van der Waals surface area contributed by atoms with Gasteiger partial charge in [-0.05, 0) is 18.2 Å². The molecule has 1 aromatic carbocycles. The zero-order chi connectivity index (χ0) is 20.1. The van der Waals surface area contributed by atoms with Gasteiger partial charge in [-0.25, -0.2) is 4.39 Å². The summed E-state index contributed by atoms with van der Waals surface area (Å²) in [7, 11) is 1.35. The predicted molar refractivity (Wildman–Crippen MR) is 107 cm³/mol. The molecular formula is C19H19FN4O3S. The van der Waals surface area contributed by atoms with Gasteiger partial charge >= 0.3 is 0 Å². The molecule has 7 nitrogen and oxygen atoms in total. The van der Waals surface area contributed by atoms with E-state index in [1.165, 1.54) is 25.4 Å². The van der Waals surface area contributed by atoms with Crippen molar-refractivity contribution in [3.05, 3.63) is 59.3 Å². The van der Waals surface area contributed by atoms with Gasteiger partial charge in [0.1, 0.15) is 10.7 Å². The Kier molecular flexibility index (Phi) is 6.05. The van der Waals surface area contributed by atoms with Gasteiger partial charge in [0.25, 0.3) is 5.91 Å². The molecule has 3 rings (SSSR count). The van der Waals surface area contributed by atoms with Crippen LogP contribution in [0.15, 0.2) is 47.9 Å². The predicted octanol–water partition coefficient (Wildman–Crippen LogP) is 2.24. The summed E-state index contributed by atoms with van der Waals surface area (Å²) in [5, 5.41) is 18.7. The molecule has 1 aliphatic heterocycles. The largest absolute Gasteiger partial charge is 0.506 e. The molecule has 0 aliphatic carbocycles. The third-order valence-electron chi connectivity index (χ3n) is 4.22. The Balaban J connectivity index is 1.85. The Morgan fingerprint density at radius 2 is 2.25 bits per heavy atom. The van der Waals surface area contributed by atoms with Gasteiger partial charge < -0.3 is 25.8 Å². The third-order valence-corrected chi connectivity index (χ3v) is 4.52. The number of rotatable bonds is 6. The minimum absolute atomic E-state index is 0.0119. The van der Waals surface area contributed by atoms with Gasteiger partial charge in [0.05, 0.1) is 24.6 Å². The van der Waals surface area contributed by atoms with Crippen molar-refractivity contribution in [2.24, 2.45) is 0 Å². The van der Waals surface area contributed by atoms with Crippen molar-refractivity contribution in [2.45, 2.75) is 13.0 Å². The summed E-state index contributed by atoms with van der Waals surface area (Å²) >= 11 is 5.41. The first-order valence-corrected chi connectivity index (χ1v) is 8.93. The minimum Gasteiger partial charge on any atom is -0.506 e. The lowest BCUT2D eigenvalue weighted by molar-refractivity contribution is -0.117. The molecule has 146 valence electrons. The molecule has 2 aromatic rings. The summed E-state index contributed by atoms with van der Waals surface area (Å²) in [5.74, 6) is -0.801. The Bertz CT molecular complexity index is 949. The lowest BCUT2D eigenvalue weighted by Crippen LogP contribution is -2.39. The highest BCUT2D eigenvalue weighted by Crippen LogP contribution is 2.28. The molecule has 0 bridgehead atoms. The normalized spacial score (nSPS) is 13.7. The van der Waals surface area contributed by atoms with E-state index in [1.54, 1.807) is 18.3 Å². The van der Waals surface area contributed by atoms with E-state index >= 15 is 0 Å². The van der Waals surface area contributed by atoms with Gasteiger partial charge in [-0.1, -0.05) is 18.3 Å². The molecule has 2 heterocycles. The van der Waals surface area contributed by atoms with E-state index in [4.69, 9.17) is 17.0 Å². The number of para-hydroxylation sites is 1. The number of nitrogens with one attached hydrogen (secondary N) is 3.